The van der Waals surface area contributed by atoms with Crippen LogP contribution >= 0.6 is 0 Å². The first kappa shape index (κ1) is 25.3. The van der Waals surface area contributed by atoms with Gasteiger partial charge in [-0.25, -0.2) is 0 Å². The van der Waals surface area contributed by atoms with Crippen LogP contribution in [0.1, 0.15) is 96.8 Å². The molecule has 166 valence electrons. The molecule has 1 N–H and O–H groups in total. The fraction of sp³-hybridized carbons (Fsp3) is 0.571. The molecule has 0 unspecified atom stereocenters. The summed E-state index contributed by atoms with van der Waals surface area (Å²) in [5.74, 6) is 0. The van der Waals surface area contributed by atoms with Crippen molar-refractivity contribution in [2.24, 2.45) is 0 Å². The van der Waals surface area contributed by atoms with Crippen molar-refractivity contribution in [2.45, 2.75) is 101 Å². The summed E-state index contributed by atoms with van der Waals surface area (Å²) in [5.41, 5.74) is 2.50. The first-order chi connectivity index (χ1) is 14.9. The van der Waals surface area contributed by atoms with E-state index < -0.39 is 0 Å². The molecule has 0 aromatic heterocycles. The van der Waals surface area contributed by atoms with Crippen LogP contribution in [0.5, 0.6) is 0 Å². The Labute approximate surface area is 196 Å². The molecule has 2 rings (SSSR count). The molecule has 0 saturated carbocycles. The Kier molecular flexibility index (Phi) is 14.9. The van der Waals surface area contributed by atoms with E-state index in [9.17, 15) is 0 Å². The molecule has 2 aromatic rings. The topological polar surface area (TPSA) is 12.0 Å². The van der Waals surface area contributed by atoms with E-state index in [0.29, 0.717) is 0 Å². The molecule has 1 nitrogen and oxygen atoms in total. The molecule has 0 spiro atoms. The molecular weight excluding hydrogens is 478 g/mol. The van der Waals surface area contributed by atoms with Crippen LogP contribution in [-0.4, -0.2) is 20.9 Å². The van der Waals surface area contributed by atoms with Crippen molar-refractivity contribution in [1.82, 2.24) is 0 Å². The summed E-state index contributed by atoms with van der Waals surface area (Å²) < 4.78 is 3.00. The maximum absolute atomic E-state index is 3.61. The second kappa shape index (κ2) is 17.7. The van der Waals surface area contributed by atoms with E-state index in [-0.39, 0.29) is 20.9 Å². The molecule has 0 atom stereocenters. The van der Waals surface area contributed by atoms with E-state index in [2.05, 4.69) is 66.8 Å². The first-order valence-electron chi connectivity index (χ1n) is 12.4. The predicted octanol–water partition coefficient (Wildman–Crippen LogP) is 8.66. The molecule has 2 heteroatoms. The Hall–Kier alpha value is -0.970. The van der Waals surface area contributed by atoms with Gasteiger partial charge in [0, 0.05) is 0 Å². The minimum atomic E-state index is -0.0937. The molecule has 0 radical (unpaired) electrons. The molecule has 0 saturated heterocycles. The van der Waals surface area contributed by atoms with Gasteiger partial charge >= 0.3 is 171 Å². The van der Waals surface area contributed by atoms with Crippen LogP contribution in [0.25, 0.3) is 0 Å². The van der Waals surface area contributed by atoms with Gasteiger partial charge in [-0.15, -0.1) is 0 Å². The molecular formula is C28H43NTe. The standard InChI is InChI=1S/C28H43NTe/c1-2-3-4-5-6-7-8-9-10-11-12-13-14-20-25-30-28-24-19-18-23-27(28)29-26-21-16-15-17-22-26/h15-19,21-24,29H,2-14,20,25H2,1H3. The van der Waals surface area contributed by atoms with E-state index in [0.717, 1.165) is 0 Å². The van der Waals surface area contributed by atoms with Crippen molar-refractivity contribution in [1.29, 1.82) is 0 Å². The van der Waals surface area contributed by atoms with Crippen molar-refractivity contribution >= 4 is 35.9 Å². The summed E-state index contributed by atoms with van der Waals surface area (Å²) in [6.07, 6.45) is 20.2. The van der Waals surface area contributed by atoms with E-state index in [1.165, 1.54) is 106 Å². The summed E-state index contributed by atoms with van der Waals surface area (Å²) in [6, 6.07) is 19.5. The summed E-state index contributed by atoms with van der Waals surface area (Å²) in [7, 11) is 0. The summed E-state index contributed by atoms with van der Waals surface area (Å²) >= 11 is -0.0937. The number of anilines is 2. The van der Waals surface area contributed by atoms with E-state index in [4.69, 9.17) is 0 Å². The zero-order valence-corrected chi connectivity index (χ0v) is 21.5. The molecule has 0 amide bonds. The quantitative estimate of drug-likeness (QED) is 0.153. The molecule has 0 fully saturated rings. The average molecular weight is 521 g/mol. The normalized spacial score (nSPS) is 11.0. The number of para-hydroxylation sites is 2. The first-order valence-corrected chi connectivity index (χ1v) is 15.3. The van der Waals surface area contributed by atoms with Crippen molar-refractivity contribution in [3.05, 3.63) is 54.6 Å². The summed E-state index contributed by atoms with van der Waals surface area (Å²) in [6.45, 7) is 2.30. The third-order valence-corrected chi connectivity index (χ3v) is 9.01. The number of nitrogens with one attached hydrogen (secondary N) is 1. The SMILES string of the molecule is CCCCCCCCCCCCCCCC[Te]c1ccccc1Nc1ccccc1. The van der Waals surface area contributed by atoms with Crippen LogP contribution in [0.15, 0.2) is 54.6 Å². The van der Waals surface area contributed by atoms with E-state index in [1.54, 1.807) is 3.61 Å². The van der Waals surface area contributed by atoms with Crippen LogP contribution in [0, 0.1) is 0 Å². The molecule has 2 aromatic carbocycles. The van der Waals surface area contributed by atoms with Crippen molar-refractivity contribution in [2.75, 3.05) is 5.32 Å². The zero-order chi connectivity index (χ0) is 21.1. The molecule has 30 heavy (non-hydrogen) atoms. The number of hydrogen-bond acceptors (Lipinski definition) is 1. The number of hydrogen-bond donors (Lipinski definition) is 1. The van der Waals surface area contributed by atoms with E-state index in [1.807, 2.05) is 0 Å². The Morgan fingerprint density at radius 2 is 1.07 bits per heavy atom. The van der Waals surface area contributed by atoms with Crippen LogP contribution < -0.4 is 8.93 Å². The monoisotopic (exact) mass is 523 g/mol. The molecule has 0 aliphatic rings. The van der Waals surface area contributed by atoms with Gasteiger partial charge in [0.05, 0.1) is 0 Å². The van der Waals surface area contributed by atoms with Crippen LogP contribution in [0.4, 0.5) is 11.4 Å². The van der Waals surface area contributed by atoms with Gasteiger partial charge < -0.3 is 0 Å². The molecule has 0 bridgehead atoms. The van der Waals surface area contributed by atoms with Gasteiger partial charge in [0.1, 0.15) is 0 Å². The van der Waals surface area contributed by atoms with Gasteiger partial charge in [-0.3, -0.25) is 0 Å². The Morgan fingerprint density at radius 1 is 0.567 bits per heavy atom. The van der Waals surface area contributed by atoms with Crippen molar-refractivity contribution < 1.29 is 0 Å². The number of unbranched alkanes of at least 4 members (excludes halogenated alkanes) is 13. The second-order valence-corrected chi connectivity index (χ2v) is 11.7. The molecule has 0 heterocycles. The van der Waals surface area contributed by atoms with Gasteiger partial charge in [0.25, 0.3) is 0 Å². The Morgan fingerprint density at radius 3 is 1.67 bits per heavy atom. The van der Waals surface area contributed by atoms with Gasteiger partial charge in [-0.05, 0) is 0 Å². The van der Waals surface area contributed by atoms with Crippen molar-refractivity contribution in [3.8, 4) is 0 Å². The second-order valence-electron chi connectivity index (χ2n) is 8.43. The zero-order valence-electron chi connectivity index (χ0n) is 19.2. The summed E-state index contributed by atoms with van der Waals surface area (Å²) in [5, 5.41) is 3.61. The fourth-order valence-corrected chi connectivity index (χ4v) is 6.76. The third-order valence-electron chi connectivity index (χ3n) is 5.70. The Bertz CT molecular complexity index is 640. The van der Waals surface area contributed by atoms with Gasteiger partial charge in [-0.2, -0.15) is 0 Å². The average Bonchev–Trinajstić information content (AvgIpc) is 2.78. The van der Waals surface area contributed by atoms with Crippen LogP contribution in [0.3, 0.4) is 0 Å². The van der Waals surface area contributed by atoms with Gasteiger partial charge in [0.2, 0.25) is 0 Å². The van der Waals surface area contributed by atoms with Crippen molar-refractivity contribution in [3.63, 3.8) is 0 Å². The minimum absolute atomic E-state index is 0.0937. The van der Waals surface area contributed by atoms with Crippen LogP contribution in [-0.2, 0) is 0 Å². The molecule has 0 aliphatic heterocycles. The fourth-order valence-electron chi connectivity index (χ4n) is 3.85. The maximum atomic E-state index is 3.61. The van der Waals surface area contributed by atoms with Gasteiger partial charge in [0.15, 0.2) is 0 Å². The number of rotatable bonds is 18. The van der Waals surface area contributed by atoms with E-state index >= 15 is 0 Å². The predicted molar refractivity (Wildman–Crippen MR) is 137 cm³/mol. The molecule has 0 aliphatic carbocycles. The van der Waals surface area contributed by atoms with Gasteiger partial charge in [-0.1, -0.05) is 26.2 Å². The Balaban J connectivity index is 1.45. The summed E-state index contributed by atoms with van der Waals surface area (Å²) in [4.78, 5) is 0. The third kappa shape index (κ3) is 12.0. The number of benzene rings is 2. The van der Waals surface area contributed by atoms with Crippen LogP contribution in [0.2, 0.25) is 4.47 Å².